The smallest absolute Gasteiger partial charge is 0.235 e. The molecule has 0 saturated heterocycles. The fourth-order valence-electron chi connectivity index (χ4n) is 8.00. The molecule has 0 bridgehead atoms. The van der Waals surface area contributed by atoms with E-state index < -0.39 is 0 Å². The maximum atomic E-state index is 6.62. The zero-order valence-corrected chi connectivity index (χ0v) is 26.8. The highest BCUT2D eigenvalue weighted by Gasteiger charge is 2.24. The van der Waals surface area contributed by atoms with Gasteiger partial charge in [-0.1, -0.05) is 140 Å². The summed E-state index contributed by atoms with van der Waals surface area (Å²) >= 11 is 0. The average molecular weight is 638 g/mol. The fourth-order valence-corrected chi connectivity index (χ4v) is 8.00. The van der Waals surface area contributed by atoms with Crippen molar-refractivity contribution < 1.29 is 4.42 Å². The van der Waals surface area contributed by atoms with Crippen molar-refractivity contribution in [3.05, 3.63) is 164 Å². The van der Waals surface area contributed by atoms with E-state index in [0.717, 1.165) is 82.2 Å². The first-order chi connectivity index (χ1) is 24.8. The van der Waals surface area contributed by atoms with E-state index in [2.05, 4.69) is 156 Å². The predicted octanol–water partition coefficient (Wildman–Crippen LogP) is 12.3. The Balaban J connectivity index is 1.30. The van der Waals surface area contributed by atoms with Gasteiger partial charge in [0, 0.05) is 43.3 Å². The van der Waals surface area contributed by atoms with Crippen LogP contribution in [0.2, 0.25) is 0 Å². The summed E-state index contributed by atoms with van der Waals surface area (Å²) in [6.07, 6.45) is 0. The topological polar surface area (TPSA) is 43.9 Å². The molecule has 0 fully saturated rings. The molecular formula is C46H27N3O. The van der Waals surface area contributed by atoms with Crippen LogP contribution in [0.1, 0.15) is 0 Å². The van der Waals surface area contributed by atoms with Crippen LogP contribution in [0.5, 0.6) is 0 Å². The van der Waals surface area contributed by atoms with E-state index in [1.54, 1.807) is 0 Å². The first-order valence-corrected chi connectivity index (χ1v) is 16.9. The Hall–Kier alpha value is -6.78. The van der Waals surface area contributed by atoms with Crippen molar-refractivity contribution in [1.82, 2.24) is 14.5 Å². The van der Waals surface area contributed by atoms with E-state index in [-0.39, 0.29) is 0 Å². The Kier molecular flexibility index (Phi) is 5.63. The third-order valence-electron chi connectivity index (χ3n) is 10.2. The molecule has 0 amide bonds. The standard InChI is InChI=1S/C46H27N3O/c1-2-14-29(15-3-1)43-35-26-25-30(32-22-12-16-28-13-4-5-17-31(28)32)27-38(35)47-46(48-43)49-39-23-10-8-20-36(39)41-42-37-21-9-11-24-40(37)50-45(42)34-19-7-6-18-33(34)44(41)49/h1-27H. The highest BCUT2D eigenvalue weighted by Crippen LogP contribution is 2.46. The summed E-state index contributed by atoms with van der Waals surface area (Å²) in [7, 11) is 0. The Bertz CT molecular complexity index is 3150. The van der Waals surface area contributed by atoms with Crippen LogP contribution in [-0.4, -0.2) is 14.5 Å². The molecule has 0 saturated carbocycles. The Morgan fingerprint density at radius 1 is 0.460 bits per heavy atom. The van der Waals surface area contributed by atoms with Crippen molar-refractivity contribution in [2.45, 2.75) is 0 Å². The summed E-state index contributed by atoms with van der Waals surface area (Å²) in [6.45, 7) is 0. The Morgan fingerprint density at radius 3 is 2.04 bits per heavy atom. The third kappa shape index (κ3) is 3.81. The van der Waals surface area contributed by atoms with Crippen LogP contribution in [-0.2, 0) is 0 Å². The molecule has 0 spiro atoms. The molecule has 3 aromatic heterocycles. The molecule has 0 aliphatic heterocycles. The highest BCUT2D eigenvalue weighted by molar-refractivity contribution is 6.35. The molecule has 11 rings (SSSR count). The maximum Gasteiger partial charge on any atom is 0.235 e. The van der Waals surface area contributed by atoms with Crippen LogP contribution in [0.4, 0.5) is 0 Å². The molecule has 0 atom stereocenters. The molecule has 0 aliphatic rings. The molecule has 50 heavy (non-hydrogen) atoms. The lowest BCUT2D eigenvalue weighted by molar-refractivity contribution is 0.673. The number of para-hydroxylation sites is 2. The normalized spacial score (nSPS) is 12.0. The molecule has 4 nitrogen and oxygen atoms in total. The van der Waals surface area contributed by atoms with Crippen LogP contribution in [0.3, 0.4) is 0 Å². The lowest BCUT2D eigenvalue weighted by atomic mass is 9.96. The van der Waals surface area contributed by atoms with Gasteiger partial charge in [-0.3, -0.25) is 4.57 Å². The number of hydrogen-bond acceptors (Lipinski definition) is 3. The van der Waals surface area contributed by atoms with Crippen LogP contribution in [0.15, 0.2) is 168 Å². The highest BCUT2D eigenvalue weighted by atomic mass is 16.3. The quantitative estimate of drug-likeness (QED) is 0.194. The molecule has 11 aromatic rings. The van der Waals surface area contributed by atoms with Gasteiger partial charge in [0.25, 0.3) is 0 Å². The van der Waals surface area contributed by atoms with Gasteiger partial charge < -0.3 is 4.42 Å². The van der Waals surface area contributed by atoms with Gasteiger partial charge >= 0.3 is 0 Å². The fraction of sp³-hybridized carbons (Fsp3) is 0. The second-order valence-electron chi connectivity index (χ2n) is 12.9. The minimum absolute atomic E-state index is 0.634. The second kappa shape index (κ2) is 10.4. The summed E-state index contributed by atoms with van der Waals surface area (Å²) in [4.78, 5) is 10.9. The second-order valence-corrected chi connectivity index (χ2v) is 12.9. The Morgan fingerprint density at radius 2 is 1.16 bits per heavy atom. The molecule has 8 aromatic carbocycles. The minimum Gasteiger partial charge on any atom is -0.455 e. The molecule has 4 heteroatoms. The zero-order valence-electron chi connectivity index (χ0n) is 26.8. The van der Waals surface area contributed by atoms with Crippen LogP contribution in [0, 0.1) is 0 Å². The first-order valence-electron chi connectivity index (χ1n) is 16.9. The van der Waals surface area contributed by atoms with Crippen LogP contribution in [0.25, 0.3) is 105 Å². The molecule has 0 aliphatic carbocycles. The van der Waals surface area contributed by atoms with Crippen LogP contribution >= 0.6 is 0 Å². The number of fused-ring (bicyclic) bond motifs is 12. The number of nitrogens with zero attached hydrogens (tertiary/aromatic N) is 3. The number of rotatable bonds is 3. The lowest BCUT2D eigenvalue weighted by Gasteiger charge is -2.14. The summed E-state index contributed by atoms with van der Waals surface area (Å²) < 4.78 is 8.89. The minimum atomic E-state index is 0.634. The Labute approximate surface area is 286 Å². The van der Waals surface area contributed by atoms with E-state index in [1.807, 2.05) is 12.1 Å². The molecule has 0 radical (unpaired) electrons. The average Bonchev–Trinajstić information content (AvgIpc) is 3.74. The van der Waals surface area contributed by atoms with Crippen molar-refractivity contribution >= 4 is 76.2 Å². The molecule has 3 heterocycles. The molecule has 232 valence electrons. The molecule has 0 N–H and O–H groups in total. The third-order valence-corrected chi connectivity index (χ3v) is 10.2. The number of aromatic nitrogens is 3. The summed E-state index contributed by atoms with van der Waals surface area (Å²) in [5.74, 6) is 0.634. The summed E-state index contributed by atoms with van der Waals surface area (Å²) in [5.41, 5.74) is 9.06. The zero-order chi connectivity index (χ0) is 32.8. The van der Waals surface area contributed by atoms with Crippen molar-refractivity contribution in [1.29, 1.82) is 0 Å². The van der Waals surface area contributed by atoms with Crippen molar-refractivity contribution in [3.63, 3.8) is 0 Å². The monoisotopic (exact) mass is 637 g/mol. The van der Waals surface area contributed by atoms with Crippen molar-refractivity contribution in [2.75, 3.05) is 0 Å². The first kappa shape index (κ1) is 27.2. The van der Waals surface area contributed by atoms with E-state index in [9.17, 15) is 0 Å². The number of hydrogen-bond donors (Lipinski definition) is 0. The predicted molar refractivity (Wildman–Crippen MR) is 207 cm³/mol. The lowest BCUT2D eigenvalue weighted by Crippen LogP contribution is -2.04. The maximum absolute atomic E-state index is 6.62. The van der Waals surface area contributed by atoms with Crippen LogP contribution < -0.4 is 0 Å². The van der Waals surface area contributed by atoms with E-state index in [0.29, 0.717) is 5.95 Å². The summed E-state index contributed by atoms with van der Waals surface area (Å²) in [6, 6.07) is 57.6. The van der Waals surface area contributed by atoms with Gasteiger partial charge in [0.15, 0.2) is 0 Å². The van der Waals surface area contributed by atoms with Gasteiger partial charge in [0.2, 0.25) is 5.95 Å². The number of benzene rings is 8. The van der Waals surface area contributed by atoms with Gasteiger partial charge in [0.05, 0.1) is 22.2 Å². The molecule has 0 unspecified atom stereocenters. The molecular weight excluding hydrogens is 611 g/mol. The number of furan rings is 1. The van der Waals surface area contributed by atoms with Gasteiger partial charge in [-0.05, 0) is 46.2 Å². The largest absolute Gasteiger partial charge is 0.455 e. The van der Waals surface area contributed by atoms with Crippen molar-refractivity contribution in [3.8, 4) is 28.3 Å². The van der Waals surface area contributed by atoms with Crippen molar-refractivity contribution in [2.24, 2.45) is 0 Å². The van der Waals surface area contributed by atoms with Gasteiger partial charge in [-0.15, -0.1) is 0 Å². The van der Waals surface area contributed by atoms with Gasteiger partial charge in [-0.25, -0.2) is 9.97 Å². The SMILES string of the molecule is c1ccc(-c2nc(-n3c4ccccc4c4c5c6ccccc6oc5c5ccccc5c43)nc3cc(-c4cccc5ccccc45)ccc23)cc1. The van der Waals surface area contributed by atoms with Gasteiger partial charge in [-0.2, -0.15) is 0 Å². The summed E-state index contributed by atoms with van der Waals surface area (Å²) in [5, 5.41) is 10.1. The van der Waals surface area contributed by atoms with E-state index in [4.69, 9.17) is 14.4 Å². The van der Waals surface area contributed by atoms with Gasteiger partial charge in [0.1, 0.15) is 11.2 Å². The van der Waals surface area contributed by atoms with E-state index >= 15 is 0 Å². The van der Waals surface area contributed by atoms with E-state index in [1.165, 1.54) is 16.3 Å².